The van der Waals surface area contributed by atoms with Crippen LogP contribution < -0.4 is 5.32 Å². The Balaban J connectivity index is 2.00. The van der Waals surface area contributed by atoms with Crippen molar-refractivity contribution in [1.29, 1.82) is 0 Å². The van der Waals surface area contributed by atoms with Gasteiger partial charge in [-0.15, -0.1) is 0 Å². The first-order valence-electron chi connectivity index (χ1n) is 7.67. The molecule has 21 heavy (non-hydrogen) atoms. The lowest BCUT2D eigenvalue weighted by Crippen LogP contribution is -2.34. The van der Waals surface area contributed by atoms with Gasteiger partial charge in [-0.05, 0) is 31.2 Å². The third kappa shape index (κ3) is 2.83. The third-order valence-electron chi connectivity index (χ3n) is 4.10. The zero-order valence-electron chi connectivity index (χ0n) is 13.0. The first-order chi connectivity index (χ1) is 10.1. The van der Waals surface area contributed by atoms with Crippen molar-refractivity contribution in [2.24, 2.45) is 5.41 Å². The second kappa shape index (κ2) is 5.56. The molecular formula is C16H23N5. The molecule has 0 spiro atoms. The largest absolute Gasteiger partial charge is 0.310 e. The summed E-state index contributed by atoms with van der Waals surface area (Å²) in [4.78, 5) is 8.32. The smallest absolute Gasteiger partial charge is 0.156 e. The van der Waals surface area contributed by atoms with Gasteiger partial charge in [-0.1, -0.05) is 20.8 Å². The molecule has 1 aliphatic rings. The summed E-state index contributed by atoms with van der Waals surface area (Å²) in [5, 5.41) is 8.24. The monoisotopic (exact) mass is 285 g/mol. The van der Waals surface area contributed by atoms with Crippen molar-refractivity contribution in [3.8, 4) is 5.82 Å². The molecule has 2 heterocycles. The third-order valence-corrected chi connectivity index (χ3v) is 4.10. The number of aromatic nitrogens is 4. The van der Waals surface area contributed by atoms with E-state index in [1.54, 1.807) is 12.5 Å². The van der Waals surface area contributed by atoms with Gasteiger partial charge in [-0.3, -0.25) is 0 Å². The van der Waals surface area contributed by atoms with Crippen LogP contribution in [0.3, 0.4) is 0 Å². The normalized spacial score (nSPS) is 20.2. The number of fused-ring (bicyclic) bond motifs is 1. The van der Waals surface area contributed by atoms with Crippen molar-refractivity contribution in [1.82, 2.24) is 25.1 Å². The fourth-order valence-electron chi connectivity index (χ4n) is 3.15. The summed E-state index contributed by atoms with van der Waals surface area (Å²) in [7, 11) is 0. The minimum Gasteiger partial charge on any atom is -0.310 e. The minimum absolute atomic E-state index is 0.267. The Bertz CT molecular complexity index is 602. The Morgan fingerprint density at radius 1 is 1.43 bits per heavy atom. The number of hydrogen-bond acceptors (Lipinski definition) is 4. The van der Waals surface area contributed by atoms with Crippen LogP contribution in [0.1, 0.15) is 50.9 Å². The van der Waals surface area contributed by atoms with E-state index in [0.29, 0.717) is 6.04 Å². The van der Waals surface area contributed by atoms with E-state index in [1.807, 2.05) is 16.9 Å². The molecular weight excluding hydrogens is 262 g/mol. The average Bonchev–Trinajstić information content (AvgIpc) is 2.88. The van der Waals surface area contributed by atoms with Crippen molar-refractivity contribution in [2.75, 3.05) is 6.54 Å². The molecule has 1 N–H and O–H groups in total. The van der Waals surface area contributed by atoms with Crippen LogP contribution in [-0.2, 0) is 6.42 Å². The maximum Gasteiger partial charge on any atom is 0.156 e. The van der Waals surface area contributed by atoms with Crippen LogP contribution in [0, 0.1) is 5.41 Å². The van der Waals surface area contributed by atoms with Crippen LogP contribution in [-0.4, -0.2) is 26.3 Å². The number of nitrogens with one attached hydrogen (secondary N) is 1. The molecule has 0 fully saturated rings. The average molecular weight is 285 g/mol. The summed E-state index contributed by atoms with van der Waals surface area (Å²) in [6.07, 6.45) is 8.65. The van der Waals surface area contributed by atoms with E-state index in [4.69, 9.17) is 0 Å². The highest BCUT2D eigenvalue weighted by atomic mass is 15.3. The van der Waals surface area contributed by atoms with Gasteiger partial charge in [-0.2, -0.15) is 5.10 Å². The Hall–Kier alpha value is -1.75. The molecule has 3 rings (SSSR count). The molecule has 5 nitrogen and oxygen atoms in total. The zero-order chi connectivity index (χ0) is 14.9. The Morgan fingerprint density at radius 3 is 3.00 bits per heavy atom. The number of nitrogens with zero attached hydrogens (tertiary/aromatic N) is 4. The highest BCUT2D eigenvalue weighted by Crippen LogP contribution is 2.41. The van der Waals surface area contributed by atoms with Crippen LogP contribution in [0.25, 0.3) is 5.82 Å². The van der Waals surface area contributed by atoms with Crippen LogP contribution in [0.15, 0.2) is 24.8 Å². The first-order valence-corrected chi connectivity index (χ1v) is 7.67. The molecule has 1 unspecified atom stereocenters. The molecule has 0 aliphatic heterocycles. The minimum atomic E-state index is 0.267. The van der Waals surface area contributed by atoms with E-state index in [1.165, 1.54) is 11.3 Å². The Morgan fingerprint density at radius 2 is 2.29 bits per heavy atom. The summed E-state index contributed by atoms with van der Waals surface area (Å²) >= 11 is 0. The Kier molecular flexibility index (Phi) is 3.76. The Labute approximate surface area is 125 Å². The molecule has 2 aromatic heterocycles. The topological polar surface area (TPSA) is 55.6 Å². The molecule has 0 saturated carbocycles. The SMILES string of the molecule is CCCNC1CC(C)(C)Cc2c1cnn2-c1ccncn1. The van der Waals surface area contributed by atoms with Gasteiger partial charge < -0.3 is 5.32 Å². The van der Waals surface area contributed by atoms with Crippen LogP contribution in [0.5, 0.6) is 0 Å². The molecule has 0 amide bonds. The fourth-order valence-corrected chi connectivity index (χ4v) is 3.15. The lowest BCUT2D eigenvalue weighted by Gasteiger charge is -2.36. The van der Waals surface area contributed by atoms with Gasteiger partial charge in [-0.25, -0.2) is 14.6 Å². The predicted octanol–water partition coefficient (Wildman–Crippen LogP) is 2.68. The number of hydrogen-bond donors (Lipinski definition) is 1. The standard InChI is InChI=1S/C16H23N5/c1-4-6-18-13-8-16(2,3)9-14-12(13)10-20-21(14)15-5-7-17-11-19-15/h5,7,10-11,13,18H,4,6,8-9H2,1-3H3. The van der Waals surface area contributed by atoms with Gasteiger partial charge in [0.1, 0.15) is 6.33 Å². The summed E-state index contributed by atoms with van der Waals surface area (Å²) in [6.45, 7) is 7.90. The molecule has 112 valence electrons. The molecule has 0 bridgehead atoms. The molecule has 0 radical (unpaired) electrons. The number of rotatable bonds is 4. The maximum absolute atomic E-state index is 4.58. The van der Waals surface area contributed by atoms with Crippen molar-refractivity contribution in [3.63, 3.8) is 0 Å². The fraction of sp³-hybridized carbons (Fsp3) is 0.562. The molecule has 5 heteroatoms. The van der Waals surface area contributed by atoms with E-state index in [9.17, 15) is 0 Å². The predicted molar refractivity (Wildman–Crippen MR) is 82.3 cm³/mol. The summed E-state index contributed by atoms with van der Waals surface area (Å²) in [6, 6.07) is 2.29. The van der Waals surface area contributed by atoms with Gasteiger partial charge in [0, 0.05) is 23.9 Å². The maximum atomic E-state index is 4.58. The van der Waals surface area contributed by atoms with Gasteiger partial charge >= 0.3 is 0 Å². The van der Waals surface area contributed by atoms with Crippen LogP contribution >= 0.6 is 0 Å². The van der Waals surface area contributed by atoms with Crippen molar-refractivity contribution < 1.29 is 0 Å². The zero-order valence-corrected chi connectivity index (χ0v) is 13.0. The summed E-state index contributed by atoms with van der Waals surface area (Å²) in [5.41, 5.74) is 2.86. The molecule has 1 atom stereocenters. The second-order valence-corrected chi connectivity index (χ2v) is 6.58. The van der Waals surface area contributed by atoms with Crippen molar-refractivity contribution in [3.05, 3.63) is 36.0 Å². The highest BCUT2D eigenvalue weighted by molar-refractivity contribution is 5.33. The van der Waals surface area contributed by atoms with Crippen LogP contribution in [0.2, 0.25) is 0 Å². The van der Waals surface area contributed by atoms with Gasteiger partial charge in [0.05, 0.1) is 11.9 Å². The molecule has 1 aliphatic carbocycles. The van der Waals surface area contributed by atoms with E-state index in [0.717, 1.165) is 31.6 Å². The van der Waals surface area contributed by atoms with Crippen LogP contribution in [0.4, 0.5) is 0 Å². The lowest BCUT2D eigenvalue weighted by molar-refractivity contribution is 0.254. The van der Waals surface area contributed by atoms with E-state index >= 15 is 0 Å². The van der Waals surface area contributed by atoms with E-state index in [-0.39, 0.29) is 5.41 Å². The van der Waals surface area contributed by atoms with Gasteiger partial charge in [0.2, 0.25) is 0 Å². The summed E-state index contributed by atoms with van der Waals surface area (Å²) in [5.74, 6) is 0.846. The lowest BCUT2D eigenvalue weighted by atomic mass is 9.74. The van der Waals surface area contributed by atoms with Crippen molar-refractivity contribution in [2.45, 2.75) is 46.1 Å². The summed E-state index contributed by atoms with van der Waals surface area (Å²) < 4.78 is 1.97. The van der Waals surface area contributed by atoms with Crippen molar-refractivity contribution >= 4 is 0 Å². The molecule has 2 aromatic rings. The van der Waals surface area contributed by atoms with Gasteiger partial charge in [0.25, 0.3) is 0 Å². The quantitative estimate of drug-likeness (QED) is 0.938. The second-order valence-electron chi connectivity index (χ2n) is 6.58. The van der Waals surface area contributed by atoms with E-state index in [2.05, 4.69) is 41.2 Å². The van der Waals surface area contributed by atoms with Gasteiger partial charge in [0.15, 0.2) is 5.82 Å². The molecule has 0 saturated heterocycles. The molecule has 0 aromatic carbocycles. The first kappa shape index (κ1) is 14.2. The highest BCUT2D eigenvalue weighted by Gasteiger charge is 2.35. The van der Waals surface area contributed by atoms with E-state index < -0.39 is 0 Å².